The van der Waals surface area contributed by atoms with Crippen LogP contribution in [-0.2, 0) is 4.79 Å². The van der Waals surface area contributed by atoms with Crippen LogP contribution in [0.5, 0.6) is 5.75 Å². The fraction of sp³-hybridized carbons (Fsp3) is 0.429. The largest absolute Gasteiger partial charge is 0.494 e. The quantitative estimate of drug-likeness (QED) is 0.867. The van der Waals surface area contributed by atoms with E-state index in [1.54, 1.807) is 6.07 Å². The molecule has 1 amide bonds. The van der Waals surface area contributed by atoms with Crippen LogP contribution in [0.1, 0.15) is 32.4 Å². The Morgan fingerprint density at radius 3 is 2.65 bits per heavy atom. The third-order valence-electron chi connectivity index (χ3n) is 2.73. The Hall–Kier alpha value is -2.11. The molecule has 1 aliphatic heterocycles. The molecule has 2 N–H and O–H groups in total. The Kier molecular flexibility index (Phi) is 3.65. The number of carbonyl (C=O) groups excluding carboxylic acids is 1. The number of nitrogens with one attached hydrogen (secondary N) is 2. The maximum Gasteiger partial charge on any atom is 0.256 e. The van der Waals surface area contributed by atoms with Crippen molar-refractivity contribution >= 4 is 11.9 Å². The molecule has 6 heteroatoms. The first-order valence-electron chi connectivity index (χ1n) is 6.30. The minimum Gasteiger partial charge on any atom is -0.494 e. The Morgan fingerprint density at radius 1 is 1.40 bits per heavy atom. The highest BCUT2D eigenvalue weighted by Crippen LogP contribution is 2.26. The summed E-state index contributed by atoms with van der Waals surface area (Å²) in [4.78, 5) is 16.2. The Morgan fingerprint density at radius 2 is 2.10 bits per heavy atom. The van der Waals surface area contributed by atoms with Gasteiger partial charge < -0.3 is 10.1 Å². The van der Waals surface area contributed by atoms with Gasteiger partial charge in [0.15, 0.2) is 23.6 Å². The van der Waals surface area contributed by atoms with Crippen LogP contribution in [0.4, 0.5) is 4.39 Å². The smallest absolute Gasteiger partial charge is 0.256 e. The number of halogens is 1. The summed E-state index contributed by atoms with van der Waals surface area (Å²) < 4.78 is 18.5. The maximum atomic E-state index is 13.7. The van der Waals surface area contributed by atoms with E-state index in [0.29, 0.717) is 11.5 Å². The topological polar surface area (TPSA) is 62.7 Å². The van der Waals surface area contributed by atoms with E-state index in [4.69, 9.17) is 4.74 Å². The molecule has 0 fully saturated rings. The van der Waals surface area contributed by atoms with Crippen LogP contribution < -0.4 is 15.4 Å². The van der Waals surface area contributed by atoms with Gasteiger partial charge in [0.1, 0.15) is 0 Å². The molecule has 5 nitrogen and oxygen atoms in total. The van der Waals surface area contributed by atoms with Gasteiger partial charge in [0.2, 0.25) is 0 Å². The number of nitrogens with zero attached hydrogens (tertiary/aromatic N) is 1. The van der Waals surface area contributed by atoms with Crippen molar-refractivity contribution in [2.45, 2.75) is 32.4 Å². The second-order valence-corrected chi connectivity index (χ2v) is 5.64. The van der Waals surface area contributed by atoms with Gasteiger partial charge in [-0.15, -0.1) is 0 Å². The summed E-state index contributed by atoms with van der Waals surface area (Å²) in [6.07, 6.45) is 0. The van der Waals surface area contributed by atoms with Crippen molar-refractivity contribution < 1.29 is 13.9 Å². The first-order chi connectivity index (χ1) is 9.30. The molecule has 1 unspecified atom stereocenters. The zero-order chi connectivity index (χ0) is 14.9. The van der Waals surface area contributed by atoms with E-state index in [0.717, 1.165) is 0 Å². The number of hydrogen-bond donors (Lipinski definition) is 2. The summed E-state index contributed by atoms with van der Waals surface area (Å²) in [5.74, 6) is -0.237. The lowest BCUT2D eigenvalue weighted by molar-refractivity contribution is -0.120. The Labute approximate surface area is 117 Å². The molecule has 2 rings (SSSR count). The number of aliphatic imine (C=N–C) groups is 1. The number of methoxy groups -OCH3 is 1. The highest BCUT2D eigenvalue weighted by Gasteiger charge is 2.30. The van der Waals surface area contributed by atoms with Crippen molar-refractivity contribution in [1.29, 1.82) is 0 Å². The second-order valence-electron chi connectivity index (χ2n) is 5.64. The van der Waals surface area contributed by atoms with E-state index in [9.17, 15) is 9.18 Å². The summed E-state index contributed by atoms with van der Waals surface area (Å²) in [6.45, 7) is 5.88. The summed E-state index contributed by atoms with van der Waals surface area (Å²) in [5, 5.41) is 5.74. The fourth-order valence-electron chi connectivity index (χ4n) is 1.90. The molecule has 1 atom stereocenters. The molecule has 0 saturated heterocycles. The molecule has 0 bridgehead atoms. The number of amides is 1. The van der Waals surface area contributed by atoms with Crippen LogP contribution >= 0.6 is 0 Å². The van der Waals surface area contributed by atoms with Crippen LogP contribution in [0.2, 0.25) is 0 Å². The van der Waals surface area contributed by atoms with Crippen LogP contribution in [0.15, 0.2) is 23.2 Å². The molecule has 0 spiro atoms. The minimum atomic E-state index is -0.736. The van der Waals surface area contributed by atoms with Crippen molar-refractivity contribution in [3.63, 3.8) is 0 Å². The first-order valence-corrected chi connectivity index (χ1v) is 6.30. The molecule has 0 aromatic heterocycles. The highest BCUT2D eigenvalue weighted by atomic mass is 19.1. The van der Waals surface area contributed by atoms with E-state index in [1.807, 2.05) is 20.8 Å². The lowest BCUT2D eigenvalue weighted by Gasteiger charge is -2.21. The summed E-state index contributed by atoms with van der Waals surface area (Å²) in [6, 6.07) is 3.66. The number of rotatable bonds is 2. The third kappa shape index (κ3) is 3.07. The predicted molar refractivity (Wildman–Crippen MR) is 74.2 cm³/mol. The Bertz CT molecular complexity index is 564. The van der Waals surface area contributed by atoms with Crippen molar-refractivity contribution in [2.75, 3.05) is 7.11 Å². The van der Waals surface area contributed by atoms with Gasteiger partial charge in [-0.05, 0) is 38.5 Å². The van der Waals surface area contributed by atoms with E-state index in [2.05, 4.69) is 15.6 Å². The summed E-state index contributed by atoms with van der Waals surface area (Å²) in [7, 11) is 1.39. The lowest BCUT2D eigenvalue weighted by atomic mass is 10.1. The van der Waals surface area contributed by atoms with Crippen LogP contribution in [0.3, 0.4) is 0 Å². The van der Waals surface area contributed by atoms with Gasteiger partial charge in [-0.1, -0.05) is 6.07 Å². The lowest BCUT2D eigenvalue weighted by Crippen LogP contribution is -2.46. The number of hydrogen-bond acceptors (Lipinski definition) is 4. The summed E-state index contributed by atoms with van der Waals surface area (Å²) in [5.41, 5.74) is 0.276. The molecule has 20 heavy (non-hydrogen) atoms. The third-order valence-corrected chi connectivity index (χ3v) is 2.73. The molecule has 1 aromatic rings. The average molecular weight is 279 g/mol. The maximum absolute atomic E-state index is 13.7. The molecule has 1 heterocycles. The average Bonchev–Trinajstić information content (AvgIpc) is 2.67. The zero-order valence-corrected chi connectivity index (χ0v) is 12.0. The van der Waals surface area contributed by atoms with Crippen LogP contribution in [0.25, 0.3) is 0 Å². The van der Waals surface area contributed by atoms with Gasteiger partial charge in [0.25, 0.3) is 5.91 Å². The van der Waals surface area contributed by atoms with Gasteiger partial charge in [-0.25, -0.2) is 9.38 Å². The van der Waals surface area contributed by atoms with Gasteiger partial charge in [-0.2, -0.15) is 0 Å². The molecule has 1 aromatic carbocycles. The van der Waals surface area contributed by atoms with Crippen molar-refractivity contribution in [3.05, 3.63) is 29.6 Å². The number of carbonyl (C=O) groups is 1. The molecule has 1 aliphatic rings. The molecule has 108 valence electrons. The zero-order valence-electron chi connectivity index (χ0n) is 12.0. The van der Waals surface area contributed by atoms with Crippen LogP contribution in [0, 0.1) is 5.82 Å². The highest BCUT2D eigenvalue weighted by molar-refractivity contribution is 6.05. The standard InChI is InChI=1S/C14H18FN3O2/c1-14(2,3)18-13-16-11(12(19)17-13)8-5-6-10(20-4)9(15)7-8/h5-7,11H,1-4H3,(H2,16,17,18,19). The van der Waals surface area contributed by atoms with E-state index in [-0.39, 0.29) is 17.2 Å². The minimum absolute atomic E-state index is 0.143. The normalized spacial score (nSPS) is 18.6. The van der Waals surface area contributed by atoms with Gasteiger partial charge in [0.05, 0.1) is 7.11 Å². The van der Waals surface area contributed by atoms with Gasteiger partial charge in [0, 0.05) is 5.54 Å². The molecule has 0 radical (unpaired) electrons. The predicted octanol–water partition coefficient (Wildman–Crippen LogP) is 1.75. The molecular weight excluding hydrogens is 261 g/mol. The van der Waals surface area contributed by atoms with Crippen molar-refractivity contribution in [1.82, 2.24) is 10.6 Å². The number of guanidine groups is 1. The van der Waals surface area contributed by atoms with Crippen molar-refractivity contribution in [2.24, 2.45) is 4.99 Å². The monoisotopic (exact) mass is 279 g/mol. The van der Waals surface area contributed by atoms with E-state index in [1.165, 1.54) is 19.2 Å². The van der Waals surface area contributed by atoms with Gasteiger partial charge >= 0.3 is 0 Å². The number of benzene rings is 1. The summed E-state index contributed by atoms with van der Waals surface area (Å²) >= 11 is 0. The fourth-order valence-corrected chi connectivity index (χ4v) is 1.90. The van der Waals surface area contributed by atoms with E-state index < -0.39 is 11.9 Å². The number of ether oxygens (including phenoxy) is 1. The Balaban J connectivity index is 2.24. The van der Waals surface area contributed by atoms with E-state index >= 15 is 0 Å². The van der Waals surface area contributed by atoms with Crippen molar-refractivity contribution in [3.8, 4) is 5.75 Å². The molecular formula is C14H18FN3O2. The van der Waals surface area contributed by atoms with Crippen LogP contribution in [-0.4, -0.2) is 24.5 Å². The SMILES string of the molecule is COc1ccc(C2N=C(NC(C)(C)C)NC2=O)cc1F. The van der Waals surface area contributed by atoms with Gasteiger partial charge in [-0.3, -0.25) is 10.1 Å². The molecule has 0 saturated carbocycles. The second kappa shape index (κ2) is 5.11. The molecule has 0 aliphatic carbocycles. The first kappa shape index (κ1) is 14.3.